The molecule has 1 heterocycles. The van der Waals surface area contributed by atoms with Crippen LogP contribution in [0.1, 0.15) is 31.7 Å². The summed E-state index contributed by atoms with van der Waals surface area (Å²) in [5.74, 6) is -2.77. The number of benzene rings is 1. The normalized spacial score (nSPS) is 11.1. The number of hydrogen-bond acceptors (Lipinski definition) is 7. The van der Waals surface area contributed by atoms with Gasteiger partial charge in [-0.1, -0.05) is 35.9 Å². The number of likely N-dealkylation sites (N-methyl/N-ethyl adjacent to an activating group) is 1. The molecule has 2 aromatic rings. The van der Waals surface area contributed by atoms with Crippen molar-refractivity contribution < 1.29 is 23.1 Å². The Morgan fingerprint density at radius 1 is 1.32 bits per heavy atom. The molecule has 0 fully saturated rings. The highest BCUT2D eigenvalue weighted by atomic mass is 127. The Bertz CT molecular complexity index is 1050. The number of nitrogens with zero attached hydrogens (tertiary/aromatic N) is 5. The molecule has 0 bridgehead atoms. The van der Waals surface area contributed by atoms with Crippen LogP contribution in [0.15, 0.2) is 6.07 Å². The molecule has 0 saturated carbocycles. The number of nitriles is 1. The van der Waals surface area contributed by atoms with Gasteiger partial charge in [0.05, 0.1) is 16.4 Å². The SMILES string of the molecule is CCCCn1c(N(COC(=O)CCNCCN(C)C)C(=O)CI)nc2c(F)cc(C#N)c(F)c21. The molecule has 2 rings (SSSR count). The van der Waals surface area contributed by atoms with E-state index < -0.39 is 35.8 Å². The van der Waals surface area contributed by atoms with Crippen molar-refractivity contribution in [2.45, 2.75) is 32.7 Å². The van der Waals surface area contributed by atoms with Gasteiger partial charge in [0.25, 0.3) is 0 Å². The van der Waals surface area contributed by atoms with E-state index >= 15 is 4.39 Å². The number of anilines is 1. The number of esters is 1. The third-order valence-electron chi connectivity index (χ3n) is 5.00. The molecule has 34 heavy (non-hydrogen) atoms. The number of imidazole rings is 1. The second kappa shape index (κ2) is 13.5. The summed E-state index contributed by atoms with van der Waals surface area (Å²) in [6.07, 6.45) is 1.44. The van der Waals surface area contributed by atoms with Gasteiger partial charge in [-0.3, -0.25) is 9.59 Å². The molecule has 186 valence electrons. The van der Waals surface area contributed by atoms with E-state index in [9.17, 15) is 19.2 Å². The van der Waals surface area contributed by atoms with Gasteiger partial charge in [-0.2, -0.15) is 5.26 Å². The number of carbonyl (C=O) groups excluding carboxylic acids is 2. The van der Waals surface area contributed by atoms with Crippen LogP contribution in [0.3, 0.4) is 0 Å². The lowest BCUT2D eigenvalue weighted by molar-refractivity contribution is -0.143. The zero-order chi connectivity index (χ0) is 25.3. The molecule has 0 atom stereocenters. The average Bonchev–Trinajstić information content (AvgIpc) is 3.19. The van der Waals surface area contributed by atoms with Crippen LogP contribution < -0.4 is 10.2 Å². The second-order valence-corrected chi connectivity index (χ2v) is 8.61. The highest BCUT2D eigenvalue weighted by molar-refractivity contribution is 14.1. The average molecular weight is 590 g/mol. The van der Waals surface area contributed by atoms with Crippen LogP contribution in [0.4, 0.5) is 14.7 Å². The Hall–Kier alpha value is -2.37. The fourth-order valence-corrected chi connectivity index (χ4v) is 3.58. The minimum absolute atomic E-state index is 0.0325. The van der Waals surface area contributed by atoms with Crippen molar-refractivity contribution in [3.63, 3.8) is 0 Å². The molecule has 1 amide bonds. The summed E-state index contributed by atoms with van der Waals surface area (Å²) in [6, 6.07) is 2.43. The number of hydrogen-bond donors (Lipinski definition) is 1. The van der Waals surface area contributed by atoms with Crippen molar-refractivity contribution in [3.8, 4) is 6.07 Å². The van der Waals surface area contributed by atoms with Crippen LogP contribution in [-0.2, 0) is 20.9 Å². The summed E-state index contributed by atoms with van der Waals surface area (Å²) in [7, 11) is 3.89. The number of amides is 1. The summed E-state index contributed by atoms with van der Waals surface area (Å²) in [4.78, 5) is 32.2. The Labute approximate surface area is 211 Å². The smallest absolute Gasteiger partial charge is 0.308 e. The number of nitrogens with one attached hydrogen (secondary N) is 1. The first-order chi connectivity index (χ1) is 16.2. The minimum atomic E-state index is -0.906. The molecule has 0 aliphatic rings. The predicted molar refractivity (Wildman–Crippen MR) is 133 cm³/mol. The first-order valence-corrected chi connectivity index (χ1v) is 12.4. The molecule has 0 saturated heterocycles. The highest BCUT2D eigenvalue weighted by Gasteiger charge is 2.27. The summed E-state index contributed by atoms with van der Waals surface area (Å²) >= 11 is 1.86. The molecule has 0 radical (unpaired) electrons. The molecule has 12 heteroatoms. The van der Waals surface area contributed by atoms with E-state index in [4.69, 9.17) is 4.74 Å². The maximum Gasteiger partial charge on any atom is 0.308 e. The van der Waals surface area contributed by atoms with Crippen molar-refractivity contribution in [2.24, 2.45) is 0 Å². The predicted octanol–water partition coefficient (Wildman–Crippen LogP) is 2.80. The Morgan fingerprint density at radius 2 is 2.06 bits per heavy atom. The maximum absolute atomic E-state index is 15.0. The molecule has 1 aromatic carbocycles. The van der Waals surface area contributed by atoms with Crippen LogP contribution in [-0.4, -0.2) is 71.2 Å². The van der Waals surface area contributed by atoms with Gasteiger partial charge in [-0.25, -0.2) is 18.7 Å². The molecule has 0 unspecified atom stereocenters. The second-order valence-electron chi connectivity index (χ2n) is 7.85. The summed E-state index contributed by atoms with van der Waals surface area (Å²) in [5.41, 5.74) is -0.929. The number of halogens is 3. The number of rotatable bonds is 13. The third kappa shape index (κ3) is 7.07. The van der Waals surface area contributed by atoms with E-state index in [1.807, 2.05) is 48.5 Å². The number of unbranched alkanes of at least 4 members (excludes halogenated alkanes) is 1. The first kappa shape index (κ1) is 27.9. The summed E-state index contributed by atoms with van der Waals surface area (Å²) in [5, 5.41) is 12.3. The molecule has 9 nitrogen and oxygen atoms in total. The van der Waals surface area contributed by atoms with Crippen molar-refractivity contribution >= 4 is 51.4 Å². The Balaban J connectivity index is 2.31. The standard InChI is InChI=1S/C22H29F2IN6O3/c1-4-5-9-30-21-19(24)15(13-26)11-16(23)20(21)28-22(30)31(17(32)12-25)14-34-18(33)6-7-27-8-10-29(2)3/h11,27H,4-10,12,14H2,1-3H3. The van der Waals surface area contributed by atoms with Gasteiger partial charge in [0.15, 0.2) is 18.4 Å². The fraction of sp³-hybridized carbons (Fsp3) is 0.545. The largest absolute Gasteiger partial charge is 0.444 e. The Kier molecular flexibility index (Phi) is 11.1. The Morgan fingerprint density at radius 3 is 2.68 bits per heavy atom. The number of aromatic nitrogens is 2. The number of fused-ring (bicyclic) bond motifs is 1. The quantitative estimate of drug-likeness (QED) is 0.126. The van der Waals surface area contributed by atoms with Gasteiger partial charge in [-0.05, 0) is 26.6 Å². The van der Waals surface area contributed by atoms with Crippen LogP contribution in [0.2, 0.25) is 0 Å². The third-order valence-corrected chi connectivity index (χ3v) is 5.65. The lowest BCUT2D eigenvalue weighted by Crippen LogP contribution is -2.37. The van der Waals surface area contributed by atoms with E-state index in [0.29, 0.717) is 19.5 Å². The van der Waals surface area contributed by atoms with E-state index in [-0.39, 0.29) is 34.4 Å². The van der Waals surface area contributed by atoms with E-state index in [2.05, 4.69) is 10.3 Å². The molecule has 0 aliphatic carbocycles. The van der Waals surface area contributed by atoms with Crippen molar-refractivity contribution in [3.05, 3.63) is 23.3 Å². The number of ether oxygens (including phenoxy) is 1. The van der Waals surface area contributed by atoms with Gasteiger partial charge in [0, 0.05) is 26.2 Å². The van der Waals surface area contributed by atoms with Crippen LogP contribution in [0, 0.1) is 23.0 Å². The van der Waals surface area contributed by atoms with Gasteiger partial charge in [-0.15, -0.1) is 0 Å². The van der Waals surface area contributed by atoms with Gasteiger partial charge < -0.3 is 19.5 Å². The number of alkyl halides is 1. The first-order valence-electron chi connectivity index (χ1n) is 10.9. The zero-order valence-corrected chi connectivity index (χ0v) is 21.7. The van der Waals surface area contributed by atoms with E-state index in [0.717, 1.165) is 23.9 Å². The number of carbonyl (C=O) groups is 2. The van der Waals surface area contributed by atoms with Gasteiger partial charge >= 0.3 is 5.97 Å². The van der Waals surface area contributed by atoms with Crippen LogP contribution >= 0.6 is 22.6 Å². The summed E-state index contributed by atoms with van der Waals surface area (Å²) in [6.45, 7) is 3.67. The molecule has 1 aromatic heterocycles. The van der Waals surface area contributed by atoms with Crippen molar-refractivity contribution in [1.29, 1.82) is 5.26 Å². The molecular weight excluding hydrogens is 561 g/mol. The topological polar surface area (TPSA) is 103 Å². The molecular formula is C22H29F2IN6O3. The lowest BCUT2D eigenvalue weighted by atomic mass is 10.2. The van der Waals surface area contributed by atoms with E-state index in [1.165, 1.54) is 4.57 Å². The van der Waals surface area contributed by atoms with Crippen LogP contribution in [0.25, 0.3) is 11.0 Å². The number of aryl methyl sites for hydroxylation is 1. The fourth-order valence-electron chi connectivity index (χ4n) is 3.17. The monoisotopic (exact) mass is 590 g/mol. The van der Waals surface area contributed by atoms with E-state index in [1.54, 1.807) is 6.07 Å². The van der Waals surface area contributed by atoms with Crippen LogP contribution in [0.5, 0.6) is 0 Å². The maximum atomic E-state index is 15.0. The van der Waals surface area contributed by atoms with Gasteiger partial charge in [0.1, 0.15) is 17.1 Å². The minimum Gasteiger partial charge on any atom is -0.444 e. The lowest BCUT2D eigenvalue weighted by Gasteiger charge is -2.22. The van der Waals surface area contributed by atoms with Crippen molar-refractivity contribution in [2.75, 3.05) is 49.8 Å². The van der Waals surface area contributed by atoms with Crippen molar-refractivity contribution in [1.82, 2.24) is 19.8 Å². The highest BCUT2D eigenvalue weighted by Crippen LogP contribution is 2.30. The molecule has 1 N–H and O–H groups in total. The molecule has 0 aliphatic heterocycles. The zero-order valence-electron chi connectivity index (χ0n) is 19.5. The van der Waals surface area contributed by atoms with Gasteiger partial charge in [0.2, 0.25) is 11.9 Å². The summed E-state index contributed by atoms with van der Waals surface area (Å²) < 4.78 is 36.4. The molecule has 0 spiro atoms.